The third-order valence-electron chi connectivity index (χ3n) is 2.88. The highest BCUT2D eigenvalue weighted by Gasteiger charge is 2.24. The van der Waals surface area contributed by atoms with Gasteiger partial charge in [-0.15, -0.1) is 0 Å². The van der Waals surface area contributed by atoms with Crippen LogP contribution in [0.4, 0.5) is 0 Å². The Morgan fingerprint density at radius 3 is 2.93 bits per heavy atom. The van der Waals surface area contributed by atoms with E-state index in [9.17, 15) is 9.90 Å². The van der Waals surface area contributed by atoms with Crippen LogP contribution in [-0.4, -0.2) is 29.8 Å². The summed E-state index contributed by atoms with van der Waals surface area (Å²) < 4.78 is 5.23. The fraction of sp³-hybridized carbons (Fsp3) is 0.909. The molecule has 1 fully saturated rings. The van der Waals surface area contributed by atoms with Crippen molar-refractivity contribution < 1.29 is 14.6 Å². The van der Waals surface area contributed by atoms with Gasteiger partial charge < -0.3 is 15.6 Å². The highest BCUT2D eigenvalue weighted by molar-refractivity contribution is 5.74. The van der Waals surface area contributed by atoms with Crippen LogP contribution in [-0.2, 0) is 9.53 Å². The van der Waals surface area contributed by atoms with Crippen molar-refractivity contribution in [3.05, 3.63) is 0 Å². The SMILES string of the molecule is CC1CCCC(OC(=O)[C@@H](O)CCN)C1. The number of hydrogen-bond donors (Lipinski definition) is 2. The first kappa shape index (κ1) is 12.5. The van der Waals surface area contributed by atoms with Crippen molar-refractivity contribution in [2.45, 2.75) is 51.2 Å². The van der Waals surface area contributed by atoms with Gasteiger partial charge in [-0.3, -0.25) is 0 Å². The first-order valence-electron chi connectivity index (χ1n) is 5.72. The van der Waals surface area contributed by atoms with Crippen molar-refractivity contribution in [1.82, 2.24) is 0 Å². The van der Waals surface area contributed by atoms with Crippen LogP contribution in [0.1, 0.15) is 39.0 Å². The van der Waals surface area contributed by atoms with Crippen LogP contribution in [0.5, 0.6) is 0 Å². The average molecular weight is 215 g/mol. The maximum absolute atomic E-state index is 11.4. The fourth-order valence-electron chi connectivity index (χ4n) is 2.00. The highest BCUT2D eigenvalue weighted by Crippen LogP contribution is 2.25. The summed E-state index contributed by atoms with van der Waals surface area (Å²) in [6.45, 7) is 2.47. The highest BCUT2D eigenvalue weighted by atomic mass is 16.6. The molecule has 0 spiro atoms. The molecule has 0 aromatic heterocycles. The zero-order valence-electron chi connectivity index (χ0n) is 9.32. The molecule has 0 amide bonds. The summed E-state index contributed by atoms with van der Waals surface area (Å²) in [7, 11) is 0. The molecule has 1 rings (SSSR count). The minimum atomic E-state index is -1.05. The van der Waals surface area contributed by atoms with Gasteiger partial charge in [-0.25, -0.2) is 4.79 Å². The van der Waals surface area contributed by atoms with E-state index in [1.54, 1.807) is 0 Å². The molecule has 0 aromatic carbocycles. The van der Waals surface area contributed by atoms with E-state index in [1.165, 1.54) is 6.42 Å². The van der Waals surface area contributed by atoms with Gasteiger partial charge in [-0.1, -0.05) is 13.3 Å². The van der Waals surface area contributed by atoms with E-state index in [2.05, 4.69) is 6.92 Å². The topological polar surface area (TPSA) is 72.5 Å². The molecule has 2 unspecified atom stereocenters. The first-order valence-corrected chi connectivity index (χ1v) is 5.72. The van der Waals surface area contributed by atoms with Gasteiger partial charge in [0, 0.05) is 0 Å². The van der Waals surface area contributed by atoms with E-state index >= 15 is 0 Å². The zero-order chi connectivity index (χ0) is 11.3. The van der Waals surface area contributed by atoms with E-state index in [0.717, 1.165) is 19.3 Å². The minimum Gasteiger partial charge on any atom is -0.460 e. The Balaban J connectivity index is 2.30. The smallest absolute Gasteiger partial charge is 0.335 e. The number of aliphatic hydroxyl groups is 1. The van der Waals surface area contributed by atoms with Crippen LogP contribution in [0.15, 0.2) is 0 Å². The molecule has 1 aliphatic carbocycles. The quantitative estimate of drug-likeness (QED) is 0.681. The Morgan fingerprint density at radius 2 is 2.33 bits per heavy atom. The normalized spacial score (nSPS) is 28.5. The van der Waals surface area contributed by atoms with Gasteiger partial charge in [0.15, 0.2) is 6.10 Å². The molecule has 0 heterocycles. The summed E-state index contributed by atoms with van der Waals surface area (Å²) in [6, 6.07) is 0. The lowest BCUT2D eigenvalue weighted by Gasteiger charge is -2.27. The maximum Gasteiger partial charge on any atom is 0.335 e. The van der Waals surface area contributed by atoms with Gasteiger partial charge in [0.2, 0.25) is 0 Å². The monoisotopic (exact) mass is 215 g/mol. The molecular formula is C11H21NO3. The number of ether oxygens (including phenoxy) is 1. The fourth-order valence-corrected chi connectivity index (χ4v) is 2.00. The van der Waals surface area contributed by atoms with Crippen LogP contribution in [0.25, 0.3) is 0 Å². The van der Waals surface area contributed by atoms with Gasteiger partial charge in [0.05, 0.1) is 0 Å². The van der Waals surface area contributed by atoms with E-state index in [-0.39, 0.29) is 12.5 Å². The maximum atomic E-state index is 11.4. The molecular weight excluding hydrogens is 194 g/mol. The third kappa shape index (κ3) is 4.18. The molecule has 0 radical (unpaired) electrons. The van der Waals surface area contributed by atoms with Crippen LogP contribution in [0, 0.1) is 5.92 Å². The predicted octanol–water partition coefficient (Wildman–Crippen LogP) is 0.818. The number of carbonyl (C=O) groups is 1. The molecule has 0 aromatic rings. The van der Waals surface area contributed by atoms with Gasteiger partial charge in [0.25, 0.3) is 0 Å². The molecule has 3 N–H and O–H groups in total. The molecule has 3 atom stereocenters. The van der Waals surface area contributed by atoms with Crippen molar-refractivity contribution in [2.75, 3.05) is 6.54 Å². The van der Waals surface area contributed by atoms with E-state index < -0.39 is 12.1 Å². The van der Waals surface area contributed by atoms with E-state index in [4.69, 9.17) is 10.5 Å². The van der Waals surface area contributed by atoms with Crippen LogP contribution in [0.2, 0.25) is 0 Å². The van der Waals surface area contributed by atoms with Crippen LogP contribution < -0.4 is 5.73 Å². The molecule has 15 heavy (non-hydrogen) atoms. The number of esters is 1. The van der Waals surface area contributed by atoms with Gasteiger partial charge >= 0.3 is 5.97 Å². The molecule has 1 aliphatic rings. The van der Waals surface area contributed by atoms with Crippen molar-refractivity contribution in [1.29, 1.82) is 0 Å². The molecule has 88 valence electrons. The Kier molecular flexibility index (Phi) is 5.05. The van der Waals surface area contributed by atoms with Gasteiger partial charge in [-0.05, 0) is 38.1 Å². The van der Waals surface area contributed by atoms with Gasteiger partial charge in [-0.2, -0.15) is 0 Å². The Hall–Kier alpha value is -0.610. The first-order chi connectivity index (χ1) is 7.13. The lowest BCUT2D eigenvalue weighted by atomic mass is 9.89. The summed E-state index contributed by atoms with van der Waals surface area (Å²) in [5.74, 6) is 0.0998. The molecule has 1 saturated carbocycles. The number of carbonyl (C=O) groups excluding carboxylic acids is 1. The van der Waals surface area contributed by atoms with E-state index in [1.807, 2.05) is 0 Å². The largest absolute Gasteiger partial charge is 0.460 e. The summed E-state index contributed by atoms with van der Waals surface area (Å²) in [6.07, 6.45) is 3.37. The van der Waals surface area contributed by atoms with Crippen molar-refractivity contribution in [3.63, 3.8) is 0 Å². The second-order valence-corrected chi connectivity index (χ2v) is 4.42. The van der Waals surface area contributed by atoms with Crippen molar-refractivity contribution in [2.24, 2.45) is 11.7 Å². The lowest BCUT2D eigenvalue weighted by Crippen LogP contribution is -2.32. The number of nitrogens with two attached hydrogens (primary N) is 1. The zero-order valence-corrected chi connectivity index (χ0v) is 9.32. The second kappa shape index (κ2) is 6.08. The van der Waals surface area contributed by atoms with Crippen molar-refractivity contribution >= 4 is 5.97 Å². The van der Waals surface area contributed by atoms with Crippen molar-refractivity contribution in [3.8, 4) is 0 Å². The number of aliphatic hydroxyl groups excluding tert-OH is 1. The summed E-state index contributed by atoms with van der Waals surface area (Å²) in [5.41, 5.74) is 5.25. The molecule has 4 nitrogen and oxygen atoms in total. The standard InChI is InChI=1S/C11H21NO3/c1-8-3-2-4-9(7-8)15-11(14)10(13)5-6-12/h8-10,13H,2-7,12H2,1H3/t8?,9?,10-/m0/s1. The Morgan fingerprint density at radius 1 is 1.60 bits per heavy atom. The van der Waals surface area contributed by atoms with Gasteiger partial charge in [0.1, 0.15) is 6.10 Å². The average Bonchev–Trinajstić information content (AvgIpc) is 2.18. The number of hydrogen-bond acceptors (Lipinski definition) is 4. The molecule has 0 aliphatic heterocycles. The van der Waals surface area contributed by atoms with Crippen LogP contribution >= 0.6 is 0 Å². The summed E-state index contributed by atoms with van der Waals surface area (Å²) in [5, 5.41) is 9.36. The minimum absolute atomic E-state index is 0.00586. The molecule has 0 saturated heterocycles. The van der Waals surface area contributed by atoms with Crippen LogP contribution in [0.3, 0.4) is 0 Å². The summed E-state index contributed by atoms with van der Waals surface area (Å²) in [4.78, 5) is 11.4. The molecule has 0 bridgehead atoms. The Bertz CT molecular complexity index is 208. The molecule has 4 heteroatoms. The van der Waals surface area contributed by atoms with E-state index in [0.29, 0.717) is 12.5 Å². The number of rotatable bonds is 4. The predicted molar refractivity (Wildman–Crippen MR) is 57.2 cm³/mol. The second-order valence-electron chi connectivity index (χ2n) is 4.42. The Labute approximate surface area is 90.8 Å². The summed E-state index contributed by atoms with van der Waals surface area (Å²) >= 11 is 0. The third-order valence-corrected chi connectivity index (χ3v) is 2.88. The lowest BCUT2D eigenvalue weighted by molar-refractivity contribution is -0.161.